The van der Waals surface area contributed by atoms with Crippen LogP contribution in [-0.4, -0.2) is 36.6 Å². The summed E-state index contributed by atoms with van der Waals surface area (Å²) in [5, 5.41) is 3.33. The molecule has 0 bridgehead atoms. The van der Waals surface area contributed by atoms with Gasteiger partial charge in [-0.15, -0.1) is 11.8 Å². The molecule has 0 spiro atoms. The minimum Gasteiger partial charge on any atom is -0.491 e. The number of nitrogens with one attached hydrogen (secondary N) is 1. The van der Waals surface area contributed by atoms with Gasteiger partial charge in [0.15, 0.2) is 0 Å². The first-order valence-corrected chi connectivity index (χ1v) is 9.82. The minimum absolute atomic E-state index is 0.401. The molecule has 5 heteroatoms. The van der Waals surface area contributed by atoms with E-state index in [2.05, 4.69) is 51.6 Å². The van der Waals surface area contributed by atoms with Crippen LogP contribution in [0.4, 0.5) is 5.82 Å². The van der Waals surface area contributed by atoms with E-state index in [1.807, 2.05) is 30.1 Å². The van der Waals surface area contributed by atoms with Crippen molar-refractivity contribution in [2.24, 2.45) is 0 Å². The van der Waals surface area contributed by atoms with Crippen LogP contribution in [0.25, 0.3) is 6.08 Å². The molecule has 1 atom stereocenters. The van der Waals surface area contributed by atoms with Crippen molar-refractivity contribution in [1.82, 2.24) is 10.3 Å². The summed E-state index contributed by atoms with van der Waals surface area (Å²) < 4.78 is 6.06. The highest BCUT2D eigenvalue weighted by atomic mass is 32.2. The van der Waals surface area contributed by atoms with E-state index in [-0.39, 0.29) is 0 Å². The second-order valence-electron chi connectivity index (χ2n) is 6.38. The second kappa shape index (κ2) is 7.93. The highest BCUT2D eigenvalue weighted by Gasteiger charge is 2.26. The Hall–Kier alpha value is -1.98. The first-order valence-electron chi connectivity index (χ1n) is 8.83. The average molecular weight is 353 g/mol. The van der Waals surface area contributed by atoms with Gasteiger partial charge in [0.2, 0.25) is 0 Å². The van der Waals surface area contributed by atoms with Gasteiger partial charge >= 0.3 is 0 Å². The predicted molar refractivity (Wildman–Crippen MR) is 105 cm³/mol. The fourth-order valence-electron chi connectivity index (χ4n) is 3.33. The zero-order chi connectivity index (χ0) is 16.9. The van der Waals surface area contributed by atoms with Crippen LogP contribution in [0.5, 0.6) is 5.75 Å². The third-order valence-corrected chi connectivity index (χ3v) is 5.61. The lowest BCUT2D eigenvalue weighted by Crippen LogP contribution is -2.34. The molecule has 1 N–H and O–H groups in total. The summed E-state index contributed by atoms with van der Waals surface area (Å²) in [6, 6.07) is 14.9. The van der Waals surface area contributed by atoms with Gasteiger partial charge in [0, 0.05) is 30.1 Å². The Kier molecular flexibility index (Phi) is 5.23. The van der Waals surface area contributed by atoms with Crippen LogP contribution in [0.15, 0.2) is 53.6 Å². The van der Waals surface area contributed by atoms with Crippen molar-refractivity contribution < 1.29 is 4.74 Å². The number of ether oxygens (including phenoxy) is 1. The molecule has 2 saturated heterocycles. The molecule has 2 aliphatic rings. The smallest absolute Gasteiger partial charge is 0.128 e. The predicted octanol–water partition coefficient (Wildman–Crippen LogP) is 3.76. The second-order valence-corrected chi connectivity index (χ2v) is 7.49. The van der Waals surface area contributed by atoms with Crippen LogP contribution >= 0.6 is 11.8 Å². The maximum absolute atomic E-state index is 6.06. The molecule has 2 fully saturated rings. The molecule has 2 aliphatic heterocycles. The van der Waals surface area contributed by atoms with Gasteiger partial charge in [-0.1, -0.05) is 18.2 Å². The Bertz CT molecular complexity index is 709. The molecule has 130 valence electrons. The highest BCUT2D eigenvalue weighted by Crippen LogP contribution is 2.25. The molecule has 4 nitrogen and oxygen atoms in total. The van der Waals surface area contributed by atoms with Crippen molar-refractivity contribution in [1.29, 1.82) is 0 Å². The molecule has 1 aromatic heterocycles. The maximum Gasteiger partial charge on any atom is 0.128 e. The molecular formula is C20H23N3OS. The van der Waals surface area contributed by atoms with Gasteiger partial charge in [0.1, 0.15) is 18.2 Å². The first-order chi connectivity index (χ1) is 12.4. The van der Waals surface area contributed by atoms with Gasteiger partial charge in [-0.2, -0.15) is 0 Å². The van der Waals surface area contributed by atoms with Crippen molar-refractivity contribution in [3.8, 4) is 5.75 Å². The summed E-state index contributed by atoms with van der Waals surface area (Å²) in [6.45, 7) is 2.74. The fraction of sp³-hybridized carbons (Fsp3) is 0.350. The van der Waals surface area contributed by atoms with Crippen molar-refractivity contribution in [3.63, 3.8) is 0 Å². The Morgan fingerprint density at radius 3 is 2.92 bits per heavy atom. The summed E-state index contributed by atoms with van der Waals surface area (Å²) in [5.41, 5.74) is 1.23. The summed E-state index contributed by atoms with van der Waals surface area (Å²) >= 11 is 1.87. The van der Waals surface area contributed by atoms with Crippen molar-refractivity contribution in [2.75, 3.05) is 30.5 Å². The number of nitrogens with zero attached hydrogens (tertiary/aromatic N) is 2. The van der Waals surface area contributed by atoms with E-state index in [1.165, 1.54) is 16.9 Å². The van der Waals surface area contributed by atoms with Crippen LogP contribution in [0.1, 0.15) is 18.4 Å². The standard InChI is InChI=1S/C20H23N3OS/c1-2-10-22-20(5-1)23-11-3-4-17(23)14-24-18-8-6-16(7-9-18)12-19-13-21-15-25-19/h1-2,5-10,12,17,21H,3-4,11,13-15H2/t17-/m0/s1. The lowest BCUT2D eigenvalue weighted by molar-refractivity contribution is 0.288. The van der Waals surface area contributed by atoms with Crippen molar-refractivity contribution >= 4 is 23.7 Å². The SMILES string of the molecule is C(=C1CNCS1)c1ccc(OC[C@@H]2CCCN2c2ccccn2)cc1. The van der Waals surface area contributed by atoms with Gasteiger partial charge in [0.05, 0.1) is 6.04 Å². The van der Waals surface area contributed by atoms with Gasteiger partial charge in [-0.25, -0.2) is 4.98 Å². The Morgan fingerprint density at radius 1 is 1.24 bits per heavy atom. The molecule has 0 saturated carbocycles. The summed E-state index contributed by atoms with van der Waals surface area (Å²) in [4.78, 5) is 8.24. The Balaban J connectivity index is 1.35. The monoisotopic (exact) mass is 353 g/mol. The van der Waals surface area contributed by atoms with E-state index in [1.54, 1.807) is 0 Å². The first kappa shape index (κ1) is 16.5. The Labute approximate surface area is 153 Å². The summed E-state index contributed by atoms with van der Waals surface area (Å²) in [6.07, 6.45) is 6.46. The van der Waals surface area contributed by atoms with Crippen LogP contribution in [0, 0.1) is 0 Å². The zero-order valence-electron chi connectivity index (χ0n) is 14.2. The van der Waals surface area contributed by atoms with E-state index in [9.17, 15) is 0 Å². The van der Waals surface area contributed by atoms with Gasteiger partial charge in [-0.05, 0) is 48.7 Å². The number of pyridine rings is 1. The summed E-state index contributed by atoms with van der Waals surface area (Å²) in [5.74, 6) is 3.01. The van der Waals surface area contributed by atoms with E-state index in [0.29, 0.717) is 12.6 Å². The largest absolute Gasteiger partial charge is 0.491 e. The molecule has 0 amide bonds. The highest BCUT2D eigenvalue weighted by molar-refractivity contribution is 8.03. The third-order valence-electron chi connectivity index (χ3n) is 4.63. The molecule has 25 heavy (non-hydrogen) atoms. The van der Waals surface area contributed by atoms with E-state index in [4.69, 9.17) is 4.74 Å². The van der Waals surface area contributed by atoms with Crippen LogP contribution in [0.2, 0.25) is 0 Å². The van der Waals surface area contributed by atoms with Crippen LogP contribution in [-0.2, 0) is 0 Å². The molecule has 2 aromatic rings. The van der Waals surface area contributed by atoms with Crippen LogP contribution < -0.4 is 15.0 Å². The topological polar surface area (TPSA) is 37.4 Å². The normalized spacial score (nSPS) is 21.8. The summed E-state index contributed by atoms with van der Waals surface area (Å²) in [7, 11) is 0. The zero-order valence-corrected chi connectivity index (χ0v) is 15.0. The Morgan fingerprint density at radius 2 is 2.16 bits per heavy atom. The number of benzene rings is 1. The number of hydrogen-bond acceptors (Lipinski definition) is 5. The van der Waals surface area contributed by atoms with Gasteiger partial charge < -0.3 is 15.0 Å². The van der Waals surface area contributed by atoms with E-state index in [0.717, 1.165) is 37.0 Å². The van der Waals surface area contributed by atoms with Gasteiger partial charge in [0.25, 0.3) is 0 Å². The number of anilines is 1. The quantitative estimate of drug-likeness (QED) is 0.886. The van der Waals surface area contributed by atoms with E-state index < -0.39 is 0 Å². The van der Waals surface area contributed by atoms with E-state index >= 15 is 0 Å². The van der Waals surface area contributed by atoms with Crippen molar-refractivity contribution in [2.45, 2.75) is 18.9 Å². The average Bonchev–Trinajstić information content (AvgIpc) is 3.33. The number of aromatic nitrogens is 1. The number of rotatable bonds is 5. The lowest BCUT2D eigenvalue weighted by Gasteiger charge is -2.25. The molecule has 4 rings (SSSR count). The number of thioether (sulfide) groups is 1. The number of hydrogen-bond donors (Lipinski definition) is 1. The minimum atomic E-state index is 0.401. The molecule has 3 heterocycles. The maximum atomic E-state index is 6.06. The fourth-order valence-corrected chi connectivity index (χ4v) is 4.15. The molecule has 0 radical (unpaired) electrons. The molecule has 0 aliphatic carbocycles. The van der Waals surface area contributed by atoms with Crippen molar-refractivity contribution in [3.05, 3.63) is 59.1 Å². The third kappa shape index (κ3) is 4.17. The van der Waals surface area contributed by atoms with Gasteiger partial charge in [-0.3, -0.25) is 0 Å². The molecular weight excluding hydrogens is 330 g/mol. The molecule has 0 unspecified atom stereocenters. The lowest BCUT2D eigenvalue weighted by atomic mass is 10.2. The molecule has 1 aromatic carbocycles. The van der Waals surface area contributed by atoms with Crippen LogP contribution in [0.3, 0.4) is 0 Å².